The van der Waals surface area contributed by atoms with E-state index in [4.69, 9.17) is 22.7 Å². The molecule has 0 spiro atoms. The van der Waals surface area contributed by atoms with E-state index in [-0.39, 0.29) is 4.99 Å². The van der Waals surface area contributed by atoms with Gasteiger partial charge in [0.25, 0.3) is 0 Å². The summed E-state index contributed by atoms with van der Waals surface area (Å²) < 4.78 is 6.75. The van der Waals surface area contributed by atoms with Crippen LogP contribution >= 0.6 is 12.2 Å². The molecule has 0 aliphatic carbocycles. The van der Waals surface area contributed by atoms with Gasteiger partial charge in [-0.25, -0.2) is 9.97 Å². The summed E-state index contributed by atoms with van der Waals surface area (Å²) in [5.41, 5.74) is 6.84. The van der Waals surface area contributed by atoms with Crippen LogP contribution < -0.4 is 11.1 Å². The molecule has 19 heavy (non-hydrogen) atoms. The van der Waals surface area contributed by atoms with Gasteiger partial charge in [0.05, 0.1) is 25.0 Å². The van der Waals surface area contributed by atoms with Gasteiger partial charge in [0.2, 0.25) is 0 Å². The van der Waals surface area contributed by atoms with Crippen molar-refractivity contribution in [3.63, 3.8) is 0 Å². The van der Waals surface area contributed by atoms with Crippen LogP contribution in [0.5, 0.6) is 0 Å². The van der Waals surface area contributed by atoms with Crippen molar-refractivity contribution in [3.05, 3.63) is 30.5 Å². The number of nitrogens with zero attached hydrogens (tertiary/aromatic N) is 4. The summed E-state index contributed by atoms with van der Waals surface area (Å²) in [6.45, 7) is 1.28. The lowest BCUT2D eigenvalue weighted by Crippen LogP contribution is -2.14. The minimum atomic E-state index is 0.197. The van der Waals surface area contributed by atoms with E-state index < -0.39 is 0 Å². The molecule has 0 bridgehead atoms. The zero-order valence-electron chi connectivity index (χ0n) is 10.4. The average Bonchev–Trinajstić information content (AvgIpc) is 2.84. The van der Waals surface area contributed by atoms with Crippen molar-refractivity contribution in [1.29, 1.82) is 0 Å². The lowest BCUT2D eigenvalue weighted by Gasteiger charge is -2.06. The van der Waals surface area contributed by atoms with Crippen LogP contribution in [0.2, 0.25) is 0 Å². The minimum absolute atomic E-state index is 0.197. The number of hydrogen-bond acceptors (Lipinski definition) is 6. The van der Waals surface area contributed by atoms with Gasteiger partial charge in [-0.05, 0) is 0 Å². The molecular weight excluding hydrogens is 264 g/mol. The van der Waals surface area contributed by atoms with E-state index in [1.54, 1.807) is 30.4 Å². The van der Waals surface area contributed by atoms with Crippen LogP contribution in [-0.2, 0) is 11.3 Å². The highest BCUT2D eigenvalue weighted by molar-refractivity contribution is 7.80. The quantitative estimate of drug-likeness (QED) is 0.751. The van der Waals surface area contributed by atoms with Gasteiger partial charge < -0.3 is 15.8 Å². The summed E-state index contributed by atoms with van der Waals surface area (Å²) in [7, 11) is 1.65. The molecule has 0 atom stereocenters. The fraction of sp³-hybridized carbons (Fsp3) is 0.273. The van der Waals surface area contributed by atoms with Gasteiger partial charge in [0.15, 0.2) is 5.82 Å². The summed E-state index contributed by atoms with van der Waals surface area (Å²) in [4.78, 5) is 8.45. The van der Waals surface area contributed by atoms with Crippen LogP contribution in [-0.4, -0.2) is 38.5 Å². The highest BCUT2D eigenvalue weighted by Crippen LogP contribution is 2.15. The van der Waals surface area contributed by atoms with Crippen LogP contribution in [0.25, 0.3) is 0 Å². The van der Waals surface area contributed by atoms with Gasteiger partial charge in [-0.15, -0.1) is 0 Å². The third-order valence-electron chi connectivity index (χ3n) is 2.35. The van der Waals surface area contributed by atoms with Gasteiger partial charge in [-0.3, -0.25) is 4.68 Å². The third-order valence-corrected chi connectivity index (χ3v) is 2.55. The summed E-state index contributed by atoms with van der Waals surface area (Å²) in [6.07, 6.45) is 6.64. The van der Waals surface area contributed by atoms with Crippen LogP contribution in [0.15, 0.2) is 24.8 Å². The lowest BCUT2D eigenvalue weighted by molar-refractivity contribution is 0.183. The Labute approximate surface area is 115 Å². The Morgan fingerprint density at radius 3 is 3.00 bits per heavy atom. The standard InChI is InChI=1S/C11H14N6OS/c1-18-5-4-17-7-8(6-15-17)16-11-9(10(12)19)13-2-3-14-11/h2-3,6-7H,4-5H2,1H3,(H2,12,19)(H,14,16). The van der Waals surface area contributed by atoms with E-state index in [1.165, 1.54) is 0 Å². The number of methoxy groups -OCH3 is 1. The van der Waals surface area contributed by atoms with E-state index in [1.807, 2.05) is 6.20 Å². The highest BCUT2D eigenvalue weighted by Gasteiger charge is 2.08. The SMILES string of the molecule is COCCn1cc(Nc2nccnc2C(N)=S)cn1. The number of hydrogen-bond donors (Lipinski definition) is 2. The summed E-state index contributed by atoms with van der Waals surface area (Å²) >= 11 is 4.93. The maximum atomic E-state index is 5.59. The first-order valence-corrected chi connectivity index (χ1v) is 6.00. The molecule has 0 aromatic carbocycles. The monoisotopic (exact) mass is 278 g/mol. The van der Waals surface area contributed by atoms with Crippen molar-refractivity contribution in [2.24, 2.45) is 5.73 Å². The number of thiocarbonyl (C=S) groups is 1. The number of ether oxygens (including phenoxy) is 1. The number of nitrogens with two attached hydrogens (primary N) is 1. The van der Waals surface area contributed by atoms with E-state index in [2.05, 4.69) is 20.4 Å². The number of rotatable bonds is 6. The molecule has 7 nitrogen and oxygen atoms in total. The van der Waals surface area contributed by atoms with Crippen molar-refractivity contribution in [2.45, 2.75) is 6.54 Å². The molecule has 0 saturated carbocycles. The number of nitrogens with one attached hydrogen (secondary N) is 1. The van der Waals surface area contributed by atoms with E-state index in [9.17, 15) is 0 Å². The zero-order valence-corrected chi connectivity index (χ0v) is 11.2. The van der Waals surface area contributed by atoms with Gasteiger partial charge >= 0.3 is 0 Å². The van der Waals surface area contributed by atoms with Gasteiger partial charge in [0, 0.05) is 25.7 Å². The lowest BCUT2D eigenvalue weighted by atomic mass is 10.4. The van der Waals surface area contributed by atoms with Crippen LogP contribution in [0.3, 0.4) is 0 Å². The Kier molecular flexibility index (Phi) is 4.37. The Hall–Kier alpha value is -2.06. The zero-order chi connectivity index (χ0) is 13.7. The van der Waals surface area contributed by atoms with E-state index in [0.29, 0.717) is 24.7 Å². The molecule has 0 unspecified atom stereocenters. The molecule has 0 saturated heterocycles. The van der Waals surface area contributed by atoms with Gasteiger partial charge in [-0.2, -0.15) is 5.10 Å². The number of anilines is 2. The molecule has 8 heteroatoms. The second-order valence-corrected chi connectivity index (χ2v) is 4.17. The fourth-order valence-electron chi connectivity index (χ4n) is 1.48. The Balaban J connectivity index is 2.13. The Morgan fingerprint density at radius 1 is 1.47 bits per heavy atom. The molecule has 100 valence electrons. The van der Waals surface area contributed by atoms with Crippen LogP contribution in [0, 0.1) is 0 Å². The maximum absolute atomic E-state index is 5.59. The molecule has 0 radical (unpaired) electrons. The molecular formula is C11H14N6OS. The normalized spacial score (nSPS) is 10.4. The van der Waals surface area contributed by atoms with Crippen LogP contribution in [0.1, 0.15) is 5.69 Å². The maximum Gasteiger partial charge on any atom is 0.159 e. The van der Waals surface area contributed by atoms with E-state index in [0.717, 1.165) is 5.69 Å². The number of aromatic nitrogens is 4. The summed E-state index contributed by atoms with van der Waals surface area (Å²) in [6, 6.07) is 0. The van der Waals surface area contributed by atoms with Gasteiger partial charge in [-0.1, -0.05) is 12.2 Å². The third kappa shape index (κ3) is 3.46. The van der Waals surface area contributed by atoms with Gasteiger partial charge in [0.1, 0.15) is 10.7 Å². The van der Waals surface area contributed by atoms with Crippen molar-refractivity contribution >= 4 is 28.7 Å². The largest absolute Gasteiger partial charge is 0.388 e. The first-order chi connectivity index (χ1) is 9.20. The smallest absolute Gasteiger partial charge is 0.159 e. The van der Waals surface area contributed by atoms with Crippen molar-refractivity contribution < 1.29 is 4.74 Å². The molecule has 0 aliphatic heterocycles. The Morgan fingerprint density at radius 2 is 2.26 bits per heavy atom. The predicted octanol–water partition coefficient (Wildman–Crippen LogP) is 0.697. The predicted molar refractivity (Wildman–Crippen MR) is 75.3 cm³/mol. The highest BCUT2D eigenvalue weighted by atomic mass is 32.1. The molecule has 0 amide bonds. The van der Waals surface area contributed by atoms with Crippen molar-refractivity contribution in [3.8, 4) is 0 Å². The first kappa shape index (κ1) is 13.4. The molecule has 0 aliphatic rings. The molecule has 3 N–H and O–H groups in total. The summed E-state index contributed by atoms with van der Waals surface area (Å²) in [5, 5.41) is 7.27. The fourth-order valence-corrected chi connectivity index (χ4v) is 1.63. The molecule has 2 aromatic rings. The molecule has 0 fully saturated rings. The second-order valence-electron chi connectivity index (χ2n) is 3.73. The average molecular weight is 278 g/mol. The topological polar surface area (TPSA) is 90.9 Å². The second kappa shape index (κ2) is 6.21. The molecule has 2 heterocycles. The molecule has 2 aromatic heterocycles. The van der Waals surface area contributed by atoms with Crippen molar-refractivity contribution in [2.75, 3.05) is 19.0 Å². The molecule has 2 rings (SSSR count). The van der Waals surface area contributed by atoms with Crippen molar-refractivity contribution in [1.82, 2.24) is 19.7 Å². The first-order valence-electron chi connectivity index (χ1n) is 5.60. The Bertz CT molecular complexity index is 570. The minimum Gasteiger partial charge on any atom is -0.388 e. The summed E-state index contributed by atoms with van der Waals surface area (Å²) in [5.74, 6) is 0.515. The van der Waals surface area contributed by atoms with E-state index >= 15 is 0 Å². The van der Waals surface area contributed by atoms with Crippen LogP contribution in [0.4, 0.5) is 11.5 Å².